The number of methoxy groups -OCH3 is 1. The molecule has 7 nitrogen and oxygen atoms in total. The van der Waals surface area contributed by atoms with E-state index >= 15 is 0 Å². The third kappa shape index (κ3) is 5.94. The van der Waals surface area contributed by atoms with Gasteiger partial charge in [-0.05, 0) is 64.8 Å². The van der Waals surface area contributed by atoms with Gasteiger partial charge >= 0.3 is 12.1 Å². The molecule has 2 aliphatic rings. The molecule has 1 aliphatic heterocycles. The summed E-state index contributed by atoms with van der Waals surface area (Å²) >= 11 is 0. The molecule has 2 amide bonds. The Morgan fingerprint density at radius 3 is 2.46 bits per heavy atom. The van der Waals surface area contributed by atoms with Gasteiger partial charge in [0.2, 0.25) is 5.91 Å². The molecule has 4 atom stereocenters. The number of nitrogens with one attached hydrogen (secondary N) is 1. The molecule has 35 heavy (non-hydrogen) atoms. The van der Waals surface area contributed by atoms with Crippen molar-refractivity contribution in [2.24, 2.45) is 5.92 Å². The molecule has 11 heteroatoms. The smallest absolute Gasteiger partial charge is 0.416 e. The van der Waals surface area contributed by atoms with Crippen molar-refractivity contribution in [3.05, 3.63) is 35.1 Å². The van der Waals surface area contributed by atoms with Crippen molar-refractivity contribution in [1.82, 2.24) is 15.1 Å². The molecule has 0 bridgehead atoms. The molecule has 0 spiro atoms. The first-order valence-corrected chi connectivity index (χ1v) is 11.6. The van der Waals surface area contributed by atoms with Gasteiger partial charge < -0.3 is 19.9 Å². The lowest BCUT2D eigenvalue weighted by molar-refractivity contribution is -0.152. The molecule has 194 valence electrons. The van der Waals surface area contributed by atoms with Crippen LogP contribution in [0.1, 0.15) is 55.5 Å². The number of carbonyl (C=O) groups is 3. The molecule has 1 saturated carbocycles. The molecular formula is C24H31F4N3O4. The second-order valence-corrected chi connectivity index (χ2v) is 9.50. The number of hydrogen-bond donors (Lipinski definition) is 1. The summed E-state index contributed by atoms with van der Waals surface area (Å²) in [4.78, 5) is 42.0. The van der Waals surface area contributed by atoms with Crippen LogP contribution in [-0.4, -0.2) is 72.5 Å². The fraction of sp³-hybridized carbons (Fsp3) is 0.625. The van der Waals surface area contributed by atoms with E-state index in [1.165, 1.54) is 7.11 Å². The number of ether oxygens (including phenoxy) is 1. The molecule has 1 aromatic carbocycles. The maximum absolute atomic E-state index is 13.7. The Morgan fingerprint density at radius 2 is 1.86 bits per heavy atom. The van der Waals surface area contributed by atoms with E-state index in [1.807, 2.05) is 7.05 Å². The predicted octanol–water partition coefficient (Wildman–Crippen LogP) is 3.23. The quantitative estimate of drug-likeness (QED) is 0.479. The summed E-state index contributed by atoms with van der Waals surface area (Å²) < 4.78 is 57.7. The van der Waals surface area contributed by atoms with Crippen LogP contribution in [0.4, 0.5) is 17.6 Å². The third-order valence-electron chi connectivity index (χ3n) is 7.11. The average molecular weight is 502 g/mol. The number of benzene rings is 1. The topological polar surface area (TPSA) is 79.0 Å². The highest BCUT2D eigenvalue weighted by Crippen LogP contribution is 2.35. The van der Waals surface area contributed by atoms with Crippen LogP contribution in [0.15, 0.2) is 18.2 Å². The van der Waals surface area contributed by atoms with Gasteiger partial charge in [0.1, 0.15) is 11.9 Å². The lowest BCUT2D eigenvalue weighted by Gasteiger charge is -2.43. The maximum Gasteiger partial charge on any atom is 0.416 e. The Labute approximate surface area is 201 Å². The lowest BCUT2D eigenvalue weighted by atomic mass is 9.80. The van der Waals surface area contributed by atoms with Crippen molar-refractivity contribution < 1.29 is 36.7 Å². The summed E-state index contributed by atoms with van der Waals surface area (Å²) in [6.45, 7) is 4.41. The molecule has 1 N–H and O–H groups in total. The molecule has 3 rings (SSSR count). The zero-order valence-electron chi connectivity index (χ0n) is 20.2. The van der Waals surface area contributed by atoms with Crippen molar-refractivity contribution in [3.63, 3.8) is 0 Å². The minimum atomic E-state index is -4.82. The van der Waals surface area contributed by atoms with Crippen molar-refractivity contribution in [2.75, 3.05) is 20.7 Å². The van der Waals surface area contributed by atoms with E-state index in [9.17, 15) is 31.9 Å². The number of likely N-dealkylation sites (tertiary alicyclic amines) is 1. The Hall–Kier alpha value is -2.69. The Bertz CT molecular complexity index is 969. The summed E-state index contributed by atoms with van der Waals surface area (Å²) in [7, 11) is 3.30. The summed E-state index contributed by atoms with van der Waals surface area (Å²) in [5, 5.41) is 2.43. The first-order chi connectivity index (χ1) is 16.3. The van der Waals surface area contributed by atoms with E-state index in [0.29, 0.717) is 31.0 Å². The highest BCUT2D eigenvalue weighted by atomic mass is 19.4. The van der Waals surface area contributed by atoms with E-state index < -0.39 is 58.9 Å². The van der Waals surface area contributed by atoms with Gasteiger partial charge in [-0.3, -0.25) is 14.4 Å². The normalized spacial score (nSPS) is 25.3. The first kappa shape index (κ1) is 26.9. The Kier molecular flexibility index (Phi) is 8.08. The third-order valence-corrected chi connectivity index (χ3v) is 7.11. The lowest BCUT2D eigenvalue weighted by Crippen LogP contribution is -2.53. The van der Waals surface area contributed by atoms with Crippen LogP contribution in [-0.2, 0) is 20.5 Å². The zero-order chi connectivity index (χ0) is 26.1. The van der Waals surface area contributed by atoms with Gasteiger partial charge in [0.05, 0.1) is 18.6 Å². The average Bonchev–Trinajstić information content (AvgIpc) is 3.16. The largest absolute Gasteiger partial charge is 0.469 e. The highest BCUT2D eigenvalue weighted by Gasteiger charge is 2.46. The van der Waals surface area contributed by atoms with E-state index in [2.05, 4.69) is 24.1 Å². The van der Waals surface area contributed by atoms with Crippen molar-refractivity contribution in [1.29, 1.82) is 0 Å². The summed E-state index contributed by atoms with van der Waals surface area (Å²) in [6, 6.07) is 0.605. The predicted molar refractivity (Wildman–Crippen MR) is 119 cm³/mol. The van der Waals surface area contributed by atoms with Crippen molar-refractivity contribution in [2.45, 2.75) is 69.9 Å². The second-order valence-electron chi connectivity index (χ2n) is 9.50. The van der Waals surface area contributed by atoms with Crippen LogP contribution in [0.5, 0.6) is 0 Å². The molecule has 1 unspecified atom stereocenters. The van der Waals surface area contributed by atoms with Gasteiger partial charge in [0.15, 0.2) is 0 Å². The Balaban J connectivity index is 1.72. The van der Waals surface area contributed by atoms with Crippen LogP contribution >= 0.6 is 0 Å². The molecule has 1 saturated heterocycles. The van der Waals surface area contributed by atoms with Crippen LogP contribution in [0.25, 0.3) is 0 Å². The van der Waals surface area contributed by atoms with E-state index in [0.717, 1.165) is 6.42 Å². The van der Waals surface area contributed by atoms with Crippen LogP contribution in [0.2, 0.25) is 0 Å². The van der Waals surface area contributed by atoms with E-state index in [4.69, 9.17) is 4.74 Å². The molecule has 0 aromatic heterocycles. The number of hydrogen-bond acceptors (Lipinski definition) is 5. The summed E-state index contributed by atoms with van der Waals surface area (Å²) in [6.07, 6.45) is -2.71. The van der Waals surface area contributed by atoms with Gasteiger partial charge in [0, 0.05) is 30.2 Å². The number of nitrogens with zero attached hydrogens (tertiary/aromatic N) is 2. The van der Waals surface area contributed by atoms with E-state index in [-0.39, 0.29) is 25.0 Å². The molecule has 2 fully saturated rings. The molecular weight excluding hydrogens is 470 g/mol. The minimum Gasteiger partial charge on any atom is -0.469 e. The fourth-order valence-electron chi connectivity index (χ4n) is 4.99. The number of esters is 1. The Morgan fingerprint density at radius 1 is 1.17 bits per heavy atom. The fourth-order valence-corrected chi connectivity index (χ4v) is 4.99. The summed E-state index contributed by atoms with van der Waals surface area (Å²) in [5.41, 5.74) is -1.81. The maximum atomic E-state index is 13.7. The number of alkyl halides is 3. The second kappa shape index (κ2) is 10.5. The monoisotopic (exact) mass is 501 g/mol. The molecule has 1 aromatic rings. The minimum absolute atomic E-state index is 0.152. The number of rotatable bonds is 6. The van der Waals surface area contributed by atoms with Crippen molar-refractivity contribution in [3.8, 4) is 0 Å². The van der Waals surface area contributed by atoms with Gasteiger partial charge in [-0.1, -0.05) is 0 Å². The van der Waals surface area contributed by atoms with E-state index in [1.54, 1.807) is 4.90 Å². The highest BCUT2D eigenvalue weighted by molar-refractivity contribution is 5.98. The molecule has 0 radical (unpaired) electrons. The number of carbonyl (C=O) groups excluding carboxylic acids is 3. The van der Waals surface area contributed by atoms with Gasteiger partial charge in [0.25, 0.3) is 5.91 Å². The zero-order valence-corrected chi connectivity index (χ0v) is 20.2. The van der Waals surface area contributed by atoms with Gasteiger partial charge in [-0.25, -0.2) is 4.39 Å². The SMILES string of the molecule is COC(=O)[C@@H]1C[C@H](N(C)C(C)C)CC[C@@H]1N1CCC(NC(=O)c2cc(F)cc(C(F)(F)F)c2)C1=O. The van der Waals surface area contributed by atoms with Crippen LogP contribution in [0, 0.1) is 11.7 Å². The molecule has 1 aliphatic carbocycles. The van der Waals surface area contributed by atoms with Gasteiger partial charge in [-0.15, -0.1) is 0 Å². The number of amides is 2. The van der Waals surface area contributed by atoms with Crippen LogP contribution < -0.4 is 5.32 Å². The standard InChI is InChI=1S/C24H31F4N3O4/c1-13(2)30(3)17-5-6-20(18(12-17)23(34)35-4)31-8-7-19(22(31)33)29-21(32)14-9-15(24(26,27)28)11-16(25)10-14/h9-11,13,17-20H,5-8,12H2,1-4H3,(H,29,32)/t17-,18-,19?,20+/m1/s1. The molecule has 1 heterocycles. The number of halogens is 4. The summed E-state index contributed by atoms with van der Waals surface area (Å²) in [5.74, 6) is -3.52. The van der Waals surface area contributed by atoms with Gasteiger partial charge in [-0.2, -0.15) is 13.2 Å². The van der Waals surface area contributed by atoms with Crippen molar-refractivity contribution >= 4 is 17.8 Å². The first-order valence-electron chi connectivity index (χ1n) is 11.6. The van der Waals surface area contributed by atoms with Crippen LogP contribution in [0.3, 0.4) is 0 Å².